The molecular weight excluding hydrogens is 262 g/mol. The van der Waals surface area contributed by atoms with Crippen LogP contribution in [0.5, 0.6) is 0 Å². The zero-order valence-electron chi connectivity index (χ0n) is 10.9. The molecule has 0 spiro atoms. The molecule has 2 aromatic rings. The molecule has 0 bridgehead atoms. The molecule has 1 heterocycles. The molecule has 0 saturated heterocycles. The summed E-state index contributed by atoms with van der Waals surface area (Å²) in [7, 11) is 0. The molecule has 1 amide bonds. The van der Waals surface area contributed by atoms with Crippen LogP contribution < -0.4 is 5.73 Å². The highest BCUT2D eigenvalue weighted by molar-refractivity contribution is 6.34. The first-order valence-corrected chi connectivity index (χ1v) is 6.36. The average Bonchev–Trinajstić information content (AvgIpc) is 2.81. The van der Waals surface area contributed by atoms with Gasteiger partial charge in [-0.2, -0.15) is 5.10 Å². The minimum absolute atomic E-state index is 0.211. The highest BCUT2D eigenvalue weighted by atomic mass is 35.5. The number of nitrogens with two attached hydrogens (primary N) is 1. The summed E-state index contributed by atoms with van der Waals surface area (Å²) in [6, 6.07) is 7.56. The number of hydrogen-bond acceptors (Lipinski definition) is 2. The fraction of sp³-hybridized carbons (Fsp3) is 0.286. The monoisotopic (exact) mass is 277 g/mol. The van der Waals surface area contributed by atoms with E-state index in [1.165, 1.54) is 0 Å². The fourth-order valence-corrected chi connectivity index (χ4v) is 2.76. The molecule has 5 heteroatoms. The van der Waals surface area contributed by atoms with E-state index in [1.54, 1.807) is 23.1 Å². The van der Waals surface area contributed by atoms with Gasteiger partial charge in [0.15, 0.2) is 4.87 Å². The van der Waals surface area contributed by atoms with Crippen LogP contribution in [0.15, 0.2) is 36.7 Å². The fourth-order valence-electron chi connectivity index (χ4n) is 2.34. The molecule has 0 radical (unpaired) electrons. The smallest absolute Gasteiger partial charge is 0.245 e. The van der Waals surface area contributed by atoms with Crippen LogP contribution in [0.25, 0.3) is 0 Å². The number of nitrogens with zero attached hydrogens (tertiary/aromatic N) is 2. The second-order valence-corrected chi connectivity index (χ2v) is 5.28. The van der Waals surface area contributed by atoms with Crippen molar-refractivity contribution in [3.05, 3.63) is 53.3 Å². The zero-order chi connectivity index (χ0) is 14.0. The maximum absolute atomic E-state index is 11.9. The second kappa shape index (κ2) is 5.05. The lowest BCUT2D eigenvalue weighted by Crippen LogP contribution is -2.41. The Morgan fingerprint density at radius 1 is 1.37 bits per heavy atom. The first-order chi connectivity index (χ1) is 8.95. The van der Waals surface area contributed by atoms with E-state index >= 15 is 0 Å². The standard InChI is InChI=1S/C14H16ClN3O/c1-10-5-3-6-11(2)12(10)14(15,13(16)19)9-18-8-4-7-17-18/h3-8H,9H2,1-2H3,(H2,16,19). The average molecular weight is 278 g/mol. The molecule has 4 nitrogen and oxygen atoms in total. The minimum Gasteiger partial charge on any atom is -0.368 e. The van der Waals surface area contributed by atoms with Crippen LogP contribution >= 0.6 is 11.6 Å². The summed E-state index contributed by atoms with van der Waals surface area (Å²) in [5, 5.41) is 4.09. The molecule has 2 N–H and O–H groups in total. The number of benzene rings is 1. The highest BCUT2D eigenvalue weighted by Gasteiger charge is 2.39. The van der Waals surface area contributed by atoms with Gasteiger partial charge in [0.05, 0.1) is 6.54 Å². The van der Waals surface area contributed by atoms with Gasteiger partial charge in [-0.05, 0) is 36.6 Å². The van der Waals surface area contributed by atoms with Crippen molar-refractivity contribution in [3.8, 4) is 0 Å². The molecule has 1 unspecified atom stereocenters. The van der Waals surface area contributed by atoms with Crippen LogP contribution in [0.3, 0.4) is 0 Å². The lowest BCUT2D eigenvalue weighted by Gasteiger charge is -2.27. The predicted octanol–water partition coefficient (Wildman–Crippen LogP) is 2.12. The van der Waals surface area contributed by atoms with Crippen LogP contribution in [0, 0.1) is 13.8 Å². The summed E-state index contributed by atoms with van der Waals surface area (Å²) in [4.78, 5) is 10.6. The lowest BCUT2D eigenvalue weighted by atomic mass is 9.89. The normalized spacial score (nSPS) is 14.1. The number of alkyl halides is 1. The molecule has 0 aliphatic rings. The van der Waals surface area contributed by atoms with E-state index in [2.05, 4.69) is 5.10 Å². The topological polar surface area (TPSA) is 60.9 Å². The van der Waals surface area contributed by atoms with Gasteiger partial charge in [0.1, 0.15) is 0 Å². The van der Waals surface area contributed by atoms with Gasteiger partial charge in [0.25, 0.3) is 0 Å². The quantitative estimate of drug-likeness (QED) is 0.870. The van der Waals surface area contributed by atoms with Crippen LogP contribution in [-0.2, 0) is 16.2 Å². The van der Waals surface area contributed by atoms with E-state index in [-0.39, 0.29) is 6.54 Å². The molecule has 1 aromatic heterocycles. The molecule has 0 saturated carbocycles. The van der Waals surface area contributed by atoms with Gasteiger partial charge in [-0.15, -0.1) is 11.6 Å². The van der Waals surface area contributed by atoms with Crippen molar-refractivity contribution >= 4 is 17.5 Å². The lowest BCUT2D eigenvalue weighted by molar-refractivity contribution is -0.121. The second-order valence-electron chi connectivity index (χ2n) is 4.64. The summed E-state index contributed by atoms with van der Waals surface area (Å²) in [5.74, 6) is -0.568. The number of aromatic nitrogens is 2. The van der Waals surface area contributed by atoms with E-state index in [1.807, 2.05) is 32.0 Å². The maximum Gasteiger partial charge on any atom is 0.245 e. The van der Waals surface area contributed by atoms with Gasteiger partial charge in [-0.3, -0.25) is 9.48 Å². The van der Waals surface area contributed by atoms with E-state index in [4.69, 9.17) is 17.3 Å². The number of halogens is 1. The van der Waals surface area contributed by atoms with Crippen molar-refractivity contribution in [2.45, 2.75) is 25.3 Å². The SMILES string of the molecule is Cc1cccc(C)c1C(Cl)(Cn1cccn1)C(N)=O. The van der Waals surface area contributed by atoms with Crippen molar-refractivity contribution < 1.29 is 4.79 Å². The third-order valence-electron chi connectivity index (χ3n) is 3.21. The summed E-state index contributed by atoms with van der Waals surface area (Å²) >= 11 is 6.57. The maximum atomic E-state index is 11.9. The van der Waals surface area contributed by atoms with E-state index in [0.29, 0.717) is 0 Å². The third kappa shape index (κ3) is 2.49. The first kappa shape index (κ1) is 13.6. The number of primary amides is 1. The Morgan fingerprint density at radius 2 is 2.00 bits per heavy atom. The summed E-state index contributed by atoms with van der Waals surface area (Å²) < 4.78 is 1.61. The van der Waals surface area contributed by atoms with Crippen LogP contribution in [0.2, 0.25) is 0 Å². The Bertz CT molecular complexity index is 574. The molecule has 1 atom stereocenters. The van der Waals surface area contributed by atoms with Gasteiger partial charge in [0.2, 0.25) is 5.91 Å². The van der Waals surface area contributed by atoms with Crippen molar-refractivity contribution in [1.82, 2.24) is 9.78 Å². The van der Waals surface area contributed by atoms with Crippen LogP contribution in [0.4, 0.5) is 0 Å². The number of rotatable bonds is 4. The van der Waals surface area contributed by atoms with Gasteiger partial charge >= 0.3 is 0 Å². The number of aryl methyl sites for hydroxylation is 2. The molecule has 0 fully saturated rings. The molecular formula is C14H16ClN3O. The van der Waals surface area contributed by atoms with Crippen molar-refractivity contribution in [1.29, 1.82) is 0 Å². The zero-order valence-corrected chi connectivity index (χ0v) is 11.7. The van der Waals surface area contributed by atoms with Crippen LogP contribution in [-0.4, -0.2) is 15.7 Å². The molecule has 1 aromatic carbocycles. The number of hydrogen-bond donors (Lipinski definition) is 1. The van der Waals surface area contributed by atoms with E-state index in [0.717, 1.165) is 16.7 Å². The molecule has 100 valence electrons. The van der Waals surface area contributed by atoms with Crippen molar-refractivity contribution in [3.63, 3.8) is 0 Å². The van der Waals surface area contributed by atoms with E-state index in [9.17, 15) is 4.79 Å². The summed E-state index contributed by atoms with van der Waals surface area (Å²) in [6.45, 7) is 4.06. The van der Waals surface area contributed by atoms with Crippen molar-refractivity contribution in [2.24, 2.45) is 5.73 Å². The third-order valence-corrected chi connectivity index (χ3v) is 3.70. The summed E-state index contributed by atoms with van der Waals surface area (Å²) in [6.07, 6.45) is 3.40. The van der Waals surface area contributed by atoms with Gasteiger partial charge in [-0.25, -0.2) is 0 Å². The Kier molecular flexibility index (Phi) is 3.62. The molecule has 2 rings (SSSR count). The Hall–Kier alpha value is -1.81. The number of carbonyl (C=O) groups excluding carboxylic acids is 1. The number of amides is 1. The Balaban J connectivity index is 2.53. The van der Waals surface area contributed by atoms with Gasteiger partial charge in [0, 0.05) is 12.4 Å². The number of carbonyl (C=O) groups is 1. The van der Waals surface area contributed by atoms with Crippen LogP contribution in [0.1, 0.15) is 16.7 Å². The first-order valence-electron chi connectivity index (χ1n) is 5.98. The van der Waals surface area contributed by atoms with E-state index < -0.39 is 10.8 Å². The predicted molar refractivity (Wildman–Crippen MR) is 74.9 cm³/mol. The molecule has 0 aliphatic heterocycles. The van der Waals surface area contributed by atoms with Gasteiger partial charge < -0.3 is 5.73 Å². The van der Waals surface area contributed by atoms with Crippen molar-refractivity contribution in [2.75, 3.05) is 0 Å². The largest absolute Gasteiger partial charge is 0.368 e. The Labute approximate surface area is 117 Å². The molecule has 19 heavy (non-hydrogen) atoms. The van der Waals surface area contributed by atoms with Gasteiger partial charge in [-0.1, -0.05) is 18.2 Å². The summed E-state index contributed by atoms with van der Waals surface area (Å²) in [5.41, 5.74) is 8.20. The Morgan fingerprint density at radius 3 is 2.47 bits per heavy atom. The minimum atomic E-state index is -1.29. The molecule has 0 aliphatic carbocycles. The highest BCUT2D eigenvalue weighted by Crippen LogP contribution is 2.35.